The van der Waals surface area contributed by atoms with Crippen molar-refractivity contribution in [1.29, 1.82) is 0 Å². The number of hydrogen-bond donors (Lipinski definition) is 2. The number of hydrogen-bond acceptors (Lipinski definition) is 3. The lowest BCUT2D eigenvalue weighted by Gasteiger charge is -2.34. The number of rotatable bonds is 5. The highest BCUT2D eigenvalue weighted by atomic mass is 16.5. The fourth-order valence-electron chi connectivity index (χ4n) is 5.11. The Bertz CT molecular complexity index is 1260. The second-order valence-electron chi connectivity index (χ2n) is 8.39. The highest BCUT2D eigenvalue weighted by Gasteiger charge is 2.46. The fraction of sp³-hybridized carbons (Fsp3) is 0.172. The Morgan fingerprint density at radius 2 is 1.28 bits per heavy atom. The molecule has 0 aliphatic heterocycles. The van der Waals surface area contributed by atoms with Gasteiger partial charge < -0.3 is 14.9 Å². The lowest BCUT2D eigenvalue weighted by Crippen LogP contribution is -2.28. The molecule has 32 heavy (non-hydrogen) atoms. The predicted molar refractivity (Wildman–Crippen MR) is 127 cm³/mol. The van der Waals surface area contributed by atoms with E-state index >= 15 is 0 Å². The number of phenolic OH excluding ortho intramolecular Hbond substituents is 1. The number of fused-ring (bicyclic) bond motifs is 3. The van der Waals surface area contributed by atoms with Crippen LogP contribution in [0.15, 0.2) is 84.9 Å². The molecule has 0 unspecified atom stereocenters. The monoisotopic (exact) mass is 422 g/mol. The first-order chi connectivity index (χ1) is 15.6. The van der Waals surface area contributed by atoms with E-state index < -0.39 is 5.41 Å². The van der Waals surface area contributed by atoms with E-state index in [0.717, 1.165) is 28.0 Å². The number of phenols is 1. The Labute approximate surface area is 188 Å². The first-order valence-electron chi connectivity index (χ1n) is 10.9. The van der Waals surface area contributed by atoms with Gasteiger partial charge in [0.05, 0.1) is 12.0 Å². The smallest absolute Gasteiger partial charge is 0.122 e. The van der Waals surface area contributed by atoms with Gasteiger partial charge in [0.1, 0.15) is 18.1 Å². The molecule has 0 saturated heterocycles. The van der Waals surface area contributed by atoms with Crippen LogP contribution >= 0.6 is 0 Å². The van der Waals surface area contributed by atoms with E-state index in [1.165, 1.54) is 22.3 Å². The van der Waals surface area contributed by atoms with Crippen LogP contribution in [0, 0.1) is 13.8 Å². The van der Waals surface area contributed by atoms with Gasteiger partial charge in [-0.05, 0) is 70.5 Å². The summed E-state index contributed by atoms with van der Waals surface area (Å²) in [6.45, 7) is 4.24. The van der Waals surface area contributed by atoms with Gasteiger partial charge in [0.15, 0.2) is 0 Å². The molecule has 0 atom stereocenters. The van der Waals surface area contributed by atoms with Crippen LogP contribution in [0.4, 0.5) is 0 Å². The van der Waals surface area contributed by atoms with Crippen LogP contribution in [0.3, 0.4) is 0 Å². The molecule has 0 spiro atoms. The van der Waals surface area contributed by atoms with E-state index in [4.69, 9.17) is 9.84 Å². The Morgan fingerprint density at radius 1 is 0.719 bits per heavy atom. The summed E-state index contributed by atoms with van der Waals surface area (Å²) < 4.78 is 5.73. The third-order valence-corrected chi connectivity index (χ3v) is 6.54. The van der Waals surface area contributed by atoms with Gasteiger partial charge >= 0.3 is 0 Å². The van der Waals surface area contributed by atoms with Gasteiger partial charge in [0.25, 0.3) is 0 Å². The van der Waals surface area contributed by atoms with Crippen molar-refractivity contribution in [3.8, 4) is 22.6 Å². The zero-order chi connectivity index (χ0) is 22.3. The van der Waals surface area contributed by atoms with Gasteiger partial charge in [-0.1, -0.05) is 72.8 Å². The molecule has 1 aliphatic carbocycles. The topological polar surface area (TPSA) is 49.7 Å². The summed E-state index contributed by atoms with van der Waals surface area (Å²) >= 11 is 0. The Morgan fingerprint density at radius 3 is 1.84 bits per heavy atom. The van der Waals surface area contributed by atoms with Crippen molar-refractivity contribution in [2.24, 2.45) is 0 Å². The lowest BCUT2D eigenvalue weighted by atomic mass is 9.67. The third-order valence-electron chi connectivity index (χ3n) is 6.54. The third kappa shape index (κ3) is 2.93. The van der Waals surface area contributed by atoms with E-state index in [1.54, 1.807) is 6.07 Å². The molecule has 0 heterocycles. The molecule has 0 radical (unpaired) electrons. The molecule has 0 amide bonds. The first-order valence-corrected chi connectivity index (χ1v) is 10.9. The Kier molecular flexibility index (Phi) is 4.99. The average Bonchev–Trinajstić information content (AvgIpc) is 3.11. The molecule has 1 aliphatic rings. The number of aliphatic hydroxyl groups excluding tert-OH is 1. The molecule has 160 valence electrons. The summed E-state index contributed by atoms with van der Waals surface area (Å²) in [5, 5.41) is 19.4. The van der Waals surface area contributed by atoms with E-state index in [-0.39, 0.29) is 13.2 Å². The van der Waals surface area contributed by atoms with Gasteiger partial charge in [0.2, 0.25) is 0 Å². The summed E-state index contributed by atoms with van der Waals surface area (Å²) in [7, 11) is 0. The first kappa shape index (κ1) is 20.3. The molecule has 3 heteroatoms. The maximum absolute atomic E-state index is 10.3. The lowest BCUT2D eigenvalue weighted by molar-refractivity contribution is 0.200. The van der Waals surface area contributed by atoms with Crippen molar-refractivity contribution >= 4 is 0 Å². The molecule has 5 rings (SSSR count). The largest absolute Gasteiger partial charge is 0.508 e. The average molecular weight is 423 g/mol. The maximum Gasteiger partial charge on any atom is 0.122 e. The van der Waals surface area contributed by atoms with E-state index in [1.807, 2.05) is 26.0 Å². The van der Waals surface area contributed by atoms with Gasteiger partial charge in [-0.3, -0.25) is 0 Å². The van der Waals surface area contributed by atoms with Crippen molar-refractivity contribution < 1.29 is 14.9 Å². The van der Waals surface area contributed by atoms with Crippen molar-refractivity contribution in [2.75, 3.05) is 13.2 Å². The molecule has 4 aromatic carbocycles. The molecule has 0 saturated carbocycles. The van der Waals surface area contributed by atoms with Crippen LogP contribution in [-0.2, 0) is 5.41 Å². The molecule has 2 N–H and O–H groups in total. The van der Waals surface area contributed by atoms with Crippen LogP contribution in [-0.4, -0.2) is 23.4 Å². The minimum Gasteiger partial charge on any atom is -0.508 e. The minimum absolute atomic E-state index is 0.0152. The summed E-state index contributed by atoms with van der Waals surface area (Å²) in [4.78, 5) is 0. The molecular formula is C29H26O3. The zero-order valence-corrected chi connectivity index (χ0v) is 18.3. The highest BCUT2D eigenvalue weighted by Crippen LogP contribution is 2.56. The molecule has 0 bridgehead atoms. The molecular weight excluding hydrogens is 396 g/mol. The highest BCUT2D eigenvalue weighted by molar-refractivity contribution is 5.86. The van der Waals surface area contributed by atoms with Crippen LogP contribution < -0.4 is 4.74 Å². The van der Waals surface area contributed by atoms with Gasteiger partial charge in [0, 0.05) is 0 Å². The van der Waals surface area contributed by atoms with Crippen LogP contribution in [0.5, 0.6) is 11.5 Å². The zero-order valence-electron chi connectivity index (χ0n) is 18.3. The molecule has 3 nitrogen and oxygen atoms in total. The van der Waals surface area contributed by atoms with E-state index in [9.17, 15) is 5.11 Å². The standard InChI is InChI=1S/C29H26O3/c1-19-17-21(11-13-27(19)31)29(22-12-14-28(20(2)18-22)32-16-15-30)25-9-5-3-7-23(25)24-8-4-6-10-26(24)29/h3-14,17-18,30-31H,15-16H2,1-2H3. The van der Waals surface area contributed by atoms with Crippen LogP contribution in [0.25, 0.3) is 11.1 Å². The van der Waals surface area contributed by atoms with Crippen LogP contribution in [0.2, 0.25) is 0 Å². The number of benzene rings is 4. The van der Waals surface area contributed by atoms with E-state index in [0.29, 0.717) is 5.75 Å². The van der Waals surface area contributed by atoms with Gasteiger partial charge in [-0.2, -0.15) is 0 Å². The van der Waals surface area contributed by atoms with Gasteiger partial charge in [-0.25, -0.2) is 0 Å². The second kappa shape index (κ2) is 7.85. The van der Waals surface area contributed by atoms with E-state index in [2.05, 4.69) is 66.7 Å². The molecule has 0 fully saturated rings. The second-order valence-corrected chi connectivity index (χ2v) is 8.39. The SMILES string of the molecule is Cc1cc(C2(c3ccc(OCCO)c(C)c3)c3ccccc3-c3ccccc32)ccc1O. The summed E-state index contributed by atoms with van der Waals surface area (Å²) in [5.41, 5.74) is 8.55. The van der Waals surface area contributed by atoms with Crippen molar-refractivity contribution in [3.05, 3.63) is 118 Å². The summed E-state index contributed by atoms with van der Waals surface area (Å²) in [5.74, 6) is 1.08. The van der Waals surface area contributed by atoms with Crippen molar-refractivity contribution in [1.82, 2.24) is 0 Å². The number of ether oxygens (including phenoxy) is 1. The minimum atomic E-state index is -0.508. The van der Waals surface area contributed by atoms with Crippen molar-refractivity contribution in [3.63, 3.8) is 0 Å². The Hall–Kier alpha value is -3.56. The number of aromatic hydroxyl groups is 1. The van der Waals surface area contributed by atoms with Crippen LogP contribution in [0.1, 0.15) is 33.4 Å². The predicted octanol–water partition coefficient (Wildman–Crippen LogP) is 5.74. The Balaban J connectivity index is 1.85. The fourth-order valence-corrected chi connectivity index (χ4v) is 5.11. The quantitative estimate of drug-likeness (QED) is 0.380. The normalized spacial score (nSPS) is 13.5. The molecule has 4 aromatic rings. The summed E-state index contributed by atoms with van der Waals surface area (Å²) in [6.07, 6.45) is 0. The van der Waals surface area contributed by atoms with Gasteiger partial charge in [-0.15, -0.1) is 0 Å². The maximum atomic E-state index is 10.3. The number of aliphatic hydroxyl groups is 1. The summed E-state index contributed by atoms with van der Waals surface area (Å²) in [6, 6.07) is 29.4. The molecule has 0 aromatic heterocycles. The van der Waals surface area contributed by atoms with Crippen molar-refractivity contribution in [2.45, 2.75) is 19.3 Å². The number of aryl methyl sites for hydroxylation is 2.